The summed E-state index contributed by atoms with van der Waals surface area (Å²) >= 11 is 4.60. The van der Waals surface area contributed by atoms with Crippen LogP contribution in [0.25, 0.3) is 0 Å². The van der Waals surface area contributed by atoms with Crippen molar-refractivity contribution < 1.29 is 4.79 Å². The number of halogens is 1. The number of nitrogens with one attached hydrogen (secondary N) is 1. The maximum Gasteiger partial charge on any atom is 0.328 e. The number of thiophene rings is 1. The van der Waals surface area contributed by atoms with Gasteiger partial charge in [0.15, 0.2) is 5.78 Å². The molecule has 0 fully saturated rings. The molecule has 0 atom stereocenters. The van der Waals surface area contributed by atoms with Gasteiger partial charge in [-0.2, -0.15) is 0 Å². The molecule has 19 heavy (non-hydrogen) atoms. The summed E-state index contributed by atoms with van der Waals surface area (Å²) in [5.41, 5.74) is -0.477. The summed E-state index contributed by atoms with van der Waals surface area (Å²) in [6.45, 7) is 1.73. The highest BCUT2D eigenvalue weighted by Gasteiger charge is 2.13. The van der Waals surface area contributed by atoms with E-state index in [4.69, 9.17) is 0 Å². The summed E-state index contributed by atoms with van der Waals surface area (Å²) in [5, 5.41) is 1.80. The molecule has 0 saturated heterocycles. The number of ketones is 1. The molecule has 0 radical (unpaired) electrons. The van der Waals surface area contributed by atoms with Gasteiger partial charge in [0.2, 0.25) is 0 Å². The molecule has 2 aromatic rings. The largest absolute Gasteiger partial charge is 0.328 e. The van der Waals surface area contributed by atoms with Crippen LogP contribution in [0.2, 0.25) is 0 Å². The molecule has 0 saturated carbocycles. The molecule has 0 aliphatic carbocycles. The number of aryl methyl sites for hydroxylation is 1. The first-order chi connectivity index (χ1) is 9.02. The van der Waals surface area contributed by atoms with Crippen LogP contribution in [0.4, 0.5) is 0 Å². The average Bonchev–Trinajstić information content (AvgIpc) is 2.79. The lowest BCUT2D eigenvalue weighted by atomic mass is 10.2. The van der Waals surface area contributed by atoms with Crippen LogP contribution in [0.1, 0.15) is 22.2 Å². The van der Waals surface area contributed by atoms with Crippen molar-refractivity contribution in [1.29, 1.82) is 0 Å². The monoisotopic (exact) mass is 342 g/mol. The van der Waals surface area contributed by atoms with Crippen LogP contribution in [0.5, 0.6) is 0 Å². The fourth-order valence-corrected chi connectivity index (χ4v) is 3.17. The maximum atomic E-state index is 12.1. The maximum absolute atomic E-state index is 12.1. The van der Waals surface area contributed by atoms with Crippen molar-refractivity contribution in [2.75, 3.05) is 0 Å². The van der Waals surface area contributed by atoms with Gasteiger partial charge in [-0.25, -0.2) is 4.79 Å². The minimum atomic E-state index is -0.566. The second-order valence-corrected chi connectivity index (χ2v) is 5.69. The third-order valence-electron chi connectivity index (χ3n) is 2.65. The normalized spacial score (nSPS) is 10.6. The fourth-order valence-electron chi connectivity index (χ4n) is 1.64. The van der Waals surface area contributed by atoms with Crippen LogP contribution in [-0.4, -0.2) is 15.3 Å². The van der Waals surface area contributed by atoms with E-state index in [9.17, 15) is 14.4 Å². The SMILES string of the molecule is CCc1cn(CC(=O)c2sccc2Br)c(=O)[nH]c1=O. The Balaban J connectivity index is 2.34. The highest BCUT2D eigenvalue weighted by molar-refractivity contribution is 9.10. The standard InChI is InChI=1S/C12H11BrN2O3S/c1-2-7-5-15(12(18)14-11(7)17)6-9(16)10-8(13)3-4-19-10/h3-5H,2,6H2,1H3,(H,14,17,18). The number of hydrogen-bond acceptors (Lipinski definition) is 4. The van der Waals surface area contributed by atoms with Gasteiger partial charge in [-0.15, -0.1) is 11.3 Å². The second-order valence-electron chi connectivity index (χ2n) is 3.92. The van der Waals surface area contributed by atoms with Crippen LogP contribution in [-0.2, 0) is 13.0 Å². The van der Waals surface area contributed by atoms with Crippen molar-refractivity contribution in [2.45, 2.75) is 19.9 Å². The summed E-state index contributed by atoms with van der Waals surface area (Å²) in [7, 11) is 0. The van der Waals surface area contributed by atoms with Gasteiger partial charge in [0.1, 0.15) is 0 Å². The number of H-pyrrole nitrogens is 1. The van der Waals surface area contributed by atoms with Crippen LogP contribution < -0.4 is 11.2 Å². The van der Waals surface area contributed by atoms with Gasteiger partial charge in [-0.1, -0.05) is 6.92 Å². The van der Waals surface area contributed by atoms with E-state index >= 15 is 0 Å². The Morgan fingerprint density at radius 1 is 1.47 bits per heavy atom. The van der Waals surface area contributed by atoms with Crippen molar-refractivity contribution in [3.63, 3.8) is 0 Å². The Labute approximate surface area is 121 Å². The number of carbonyl (C=O) groups excluding carboxylic acids is 1. The van der Waals surface area contributed by atoms with E-state index in [2.05, 4.69) is 20.9 Å². The number of nitrogens with zero attached hydrogens (tertiary/aromatic N) is 1. The average molecular weight is 343 g/mol. The van der Waals surface area contributed by atoms with E-state index in [-0.39, 0.29) is 12.3 Å². The predicted molar refractivity (Wildman–Crippen MR) is 77.1 cm³/mol. The summed E-state index contributed by atoms with van der Waals surface area (Å²) in [4.78, 5) is 37.9. The van der Waals surface area contributed by atoms with E-state index in [0.717, 1.165) is 4.47 Å². The predicted octanol–water partition coefficient (Wildman–Crippen LogP) is 1.81. The Morgan fingerprint density at radius 2 is 2.21 bits per heavy atom. The molecule has 5 nitrogen and oxygen atoms in total. The first kappa shape index (κ1) is 14.0. The molecule has 0 amide bonds. The lowest BCUT2D eigenvalue weighted by molar-refractivity contribution is 0.0973. The minimum Gasteiger partial charge on any atom is -0.292 e. The zero-order valence-corrected chi connectivity index (χ0v) is 12.5. The van der Waals surface area contributed by atoms with Gasteiger partial charge in [0.25, 0.3) is 5.56 Å². The third-order valence-corrected chi connectivity index (χ3v) is 4.53. The third kappa shape index (κ3) is 2.93. The van der Waals surface area contributed by atoms with Gasteiger partial charge in [0.05, 0.1) is 11.4 Å². The summed E-state index contributed by atoms with van der Waals surface area (Å²) in [6.07, 6.45) is 1.95. The fraction of sp³-hybridized carbons (Fsp3) is 0.250. The van der Waals surface area contributed by atoms with Gasteiger partial charge in [-0.05, 0) is 33.8 Å². The highest BCUT2D eigenvalue weighted by Crippen LogP contribution is 2.23. The molecular weight excluding hydrogens is 332 g/mol. The van der Waals surface area contributed by atoms with Crippen molar-refractivity contribution >= 4 is 33.0 Å². The number of Topliss-reactive ketones (excluding diaryl/α,β-unsaturated/α-hetero) is 1. The molecule has 0 unspecified atom stereocenters. The molecule has 0 spiro atoms. The van der Waals surface area contributed by atoms with Crippen molar-refractivity contribution in [3.8, 4) is 0 Å². The molecular formula is C12H11BrN2O3S. The molecule has 2 aromatic heterocycles. The second kappa shape index (κ2) is 5.66. The number of hydrogen-bond donors (Lipinski definition) is 1. The molecule has 2 rings (SSSR count). The lowest BCUT2D eigenvalue weighted by Crippen LogP contribution is -2.33. The summed E-state index contributed by atoms with van der Waals surface area (Å²) in [6, 6.07) is 1.78. The first-order valence-corrected chi connectivity index (χ1v) is 7.29. The number of aromatic nitrogens is 2. The zero-order valence-electron chi connectivity index (χ0n) is 10.1. The Kier molecular flexibility index (Phi) is 4.16. The highest BCUT2D eigenvalue weighted by atomic mass is 79.9. The van der Waals surface area contributed by atoms with Gasteiger partial charge < -0.3 is 0 Å². The van der Waals surface area contributed by atoms with E-state index in [1.807, 2.05) is 6.92 Å². The summed E-state index contributed by atoms with van der Waals surface area (Å²) in [5.74, 6) is -0.168. The molecule has 2 heterocycles. The first-order valence-electron chi connectivity index (χ1n) is 5.61. The van der Waals surface area contributed by atoms with E-state index < -0.39 is 11.2 Å². The topological polar surface area (TPSA) is 71.9 Å². The Bertz CT molecular complexity index is 729. The van der Waals surface area contributed by atoms with Gasteiger partial charge >= 0.3 is 5.69 Å². The smallest absolute Gasteiger partial charge is 0.292 e. The van der Waals surface area contributed by atoms with E-state index in [1.54, 1.807) is 11.4 Å². The summed E-state index contributed by atoms with van der Waals surface area (Å²) < 4.78 is 1.95. The van der Waals surface area contributed by atoms with E-state index in [1.165, 1.54) is 22.1 Å². The van der Waals surface area contributed by atoms with Crippen LogP contribution in [0, 0.1) is 0 Å². The lowest BCUT2D eigenvalue weighted by Gasteiger charge is -2.05. The molecule has 1 N–H and O–H groups in total. The van der Waals surface area contributed by atoms with Crippen LogP contribution >= 0.6 is 27.3 Å². The van der Waals surface area contributed by atoms with Gasteiger partial charge in [0, 0.05) is 16.2 Å². The molecule has 0 aliphatic heterocycles. The molecule has 0 aliphatic rings. The number of carbonyl (C=O) groups is 1. The molecule has 7 heteroatoms. The number of rotatable bonds is 4. The quantitative estimate of drug-likeness (QED) is 0.861. The van der Waals surface area contributed by atoms with Gasteiger partial charge in [-0.3, -0.25) is 19.1 Å². The Morgan fingerprint density at radius 3 is 2.79 bits per heavy atom. The molecule has 100 valence electrons. The van der Waals surface area contributed by atoms with Crippen LogP contribution in [0.3, 0.4) is 0 Å². The van der Waals surface area contributed by atoms with E-state index in [0.29, 0.717) is 16.9 Å². The van der Waals surface area contributed by atoms with Crippen molar-refractivity contribution in [1.82, 2.24) is 9.55 Å². The molecule has 0 aromatic carbocycles. The van der Waals surface area contributed by atoms with Crippen LogP contribution in [0.15, 0.2) is 31.7 Å². The Hall–Kier alpha value is -1.47. The number of aromatic amines is 1. The molecule has 0 bridgehead atoms. The minimum absolute atomic E-state index is 0.0816. The zero-order chi connectivity index (χ0) is 14.0. The van der Waals surface area contributed by atoms with Crippen molar-refractivity contribution in [2.24, 2.45) is 0 Å². The van der Waals surface area contributed by atoms with Crippen molar-refractivity contribution in [3.05, 3.63) is 53.4 Å².